The number of carbonyl (C=O) groups excluding carboxylic acids is 1. The van der Waals surface area contributed by atoms with Gasteiger partial charge in [-0.3, -0.25) is 0 Å². The largest absolute Gasteiger partial charge is 0.341 e. The van der Waals surface area contributed by atoms with E-state index in [1.54, 1.807) is 19.0 Å². The Labute approximate surface area is 107 Å². The molecule has 0 aromatic heterocycles. The Kier molecular flexibility index (Phi) is 3.82. The predicted molar refractivity (Wildman–Crippen MR) is 74.7 cm³/mol. The average Bonchev–Trinajstić information content (AvgIpc) is 2.43. The molecule has 0 fully saturated rings. The lowest BCUT2D eigenvalue weighted by Crippen LogP contribution is -2.36. The van der Waals surface area contributed by atoms with Crippen LogP contribution < -0.4 is 5.32 Å². The maximum absolute atomic E-state index is 11.4. The number of rotatable bonds is 3. The Balaban J connectivity index is 2.06. The van der Waals surface area contributed by atoms with Crippen LogP contribution in [0, 0.1) is 0 Å². The van der Waals surface area contributed by atoms with Crippen molar-refractivity contribution in [3.8, 4) is 0 Å². The molecule has 94 valence electrons. The summed E-state index contributed by atoms with van der Waals surface area (Å²) in [4.78, 5) is 13.0. The normalized spacial score (nSPS) is 10.3. The minimum atomic E-state index is -0.0456. The topological polar surface area (TPSA) is 32.3 Å². The maximum atomic E-state index is 11.4. The van der Waals surface area contributed by atoms with Gasteiger partial charge in [-0.2, -0.15) is 0 Å². The van der Waals surface area contributed by atoms with Crippen molar-refractivity contribution >= 4 is 16.8 Å². The van der Waals surface area contributed by atoms with Gasteiger partial charge >= 0.3 is 6.03 Å². The lowest BCUT2D eigenvalue weighted by Gasteiger charge is -2.16. The summed E-state index contributed by atoms with van der Waals surface area (Å²) in [6, 6.07) is 14.7. The molecular weight excluding hydrogens is 224 g/mol. The SMILES string of the molecule is CNC(=O)N(C)CCc1ccc2ccccc2c1. The molecule has 0 radical (unpaired) electrons. The van der Waals surface area contributed by atoms with Crippen LogP contribution in [0.15, 0.2) is 42.5 Å². The molecule has 3 nitrogen and oxygen atoms in total. The van der Waals surface area contributed by atoms with Crippen LogP contribution in [-0.4, -0.2) is 31.6 Å². The van der Waals surface area contributed by atoms with Crippen LogP contribution in [-0.2, 0) is 6.42 Å². The van der Waals surface area contributed by atoms with E-state index in [0.717, 1.165) is 13.0 Å². The van der Waals surface area contributed by atoms with E-state index in [1.165, 1.54) is 16.3 Å². The fourth-order valence-electron chi connectivity index (χ4n) is 1.98. The number of fused-ring (bicyclic) bond motifs is 1. The number of likely N-dealkylation sites (N-methyl/N-ethyl adjacent to an activating group) is 1. The van der Waals surface area contributed by atoms with Crippen molar-refractivity contribution in [3.05, 3.63) is 48.0 Å². The third-order valence-electron chi connectivity index (χ3n) is 3.11. The number of nitrogens with one attached hydrogen (secondary N) is 1. The van der Waals surface area contributed by atoms with Gasteiger partial charge < -0.3 is 10.2 Å². The Morgan fingerprint density at radius 2 is 1.89 bits per heavy atom. The molecule has 3 heteroatoms. The highest BCUT2D eigenvalue weighted by Crippen LogP contribution is 2.16. The molecular formula is C15H18N2O. The number of carbonyl (C=O) groups is 1. The summed E-state index contributed by atoms with van der Waals surface area (Å²) < 4.78 is 0. The third-order valence-corrected chi connectivity index (χ3v) is 3.11. The van der Waals surface area contributed by atoms with Gasteiger partial charge in [0.05, 0.1) is 0 Å². The fraction of sp³-hybridized carbons (Fsp3) is 0.267. The molecule has 0 saturated heterocycles. The lowest BCUT2D eigenvalue weighted by atomic mass is 10.1. The third kappa shape index (κ3) is 2.80. The highest BCUT2D eigenvalue weighted by atomic mass is 16.2. The zero-order valence-corrected chi connectivity index (χ0v) is 10.8. The van der Waals surface area contributed by atoms with Crippen molar-refractivity contribution in [2.75, 3.05) is 20.6 Å². The zero-order chi connectivity index (χ0) is 13.0. The van der Waals surface area contributed by atoms with Crippen molar-refractivity contribution in [1.29, 1.82) is 0 Å². The highest BCUT2D eigenvalue weighted by molar-refractivity contribution is 5.83. The van der Waals surface area contributed by atoms with Crippen molar-refractivity contribution in [3.63, 3.8) is 0 Å². The van der Waals surface area contributed by atoms with Gasteiger partial charge in [-0.25, -0.2) is 4.79 Å². The van der Waals surface area contributed by atoms with E-state index in [1.807, 2.05) is 12.1 Å². The van der Waals surface area contributed by atoms with Gasteiger partial charge in [-0.05, 0) is 22.8 Å². The van der Waals surface area contributed by atoms with Gasteiger partial charge in [0.2, 0.25) is 0 Å². The summed E-state index contributed by atoms with van der Waals surface area (Å²) in [6.07, 6.45) is 0.870. The summed E-state index contributed by atoms with van der Waals surface area (Å²) in [6.45, 7) is 0.720. The second-order valence-electron chi connectivity index (χ2n) is 4.41. The maximum Gasteiger partial charge on any atom is 0.316 e. The first-order chi connectivity index (χ1) is 8.70. The monoisotopic (exact) mass is 242 g/mol. The van der Waals surface area contributed by atoms with Gasteiger partial charge in [0, 0.05) is 20.6 Å². The molecule has 0 spiro atoms. The molecule has 2 amide bonds. The second kappa shape index (κ2) is 5.54. The Hall–Kier alpha value is -2.03. The lowest BCUT2D eigenvalue weighted by molar-refractivity contribution is 0.211. The van der Waals surface area contributed by atoms with E-state index in [4.69, 9.17) is 0 Å². The number of amides is 2. The van der Waals surface area contributed by atoms with E-state index in [0.29, 0.717) is 0 Å². The van der Waals surface area contributed by atoms with E-state index in [2.05, 4.69) is 35.6 Å². The first-order valence-corrected chi connectivity index (χ1v) is 6.11. The molecule has 2 rings (SSSR count). The Morgan fingerprint density at radius 3 is 2.61 bits per heavy atom. The van der Waals surface area contributed by atoms with Crippen molar-refractivity contribution in [1.82, 2.24) is 10.2 Å². The molecule has 0 saturated carbocycles. The zero-order valence-electron chi connectivity index (χ0n) is 10.8. The second-order valence-corrected chi connectivity index (χ2v) is 4.41. The molecule has 0 aliphatic heterocycles. The average molecular weight is 242 g/mol. The number of urea groups is 1. The molecule has 2 aromatic rings. The Morgan fingerprint density at radius 1 is 1.17 bits per heavy atom. The molecule has 0 atom stereocenters. The van der Waals surface area contributed by atoms with Crippen LogP contribution in [0.25, 0.3) is 10.8 Å². The van der Waals surface area contributed by atoms with Gasteiger partial charge in [0.25, 0.3) is 0 Å². The first kappa shape index (κ1) is 12.4. The molecule has 0 unspecified atom stereocenters. The smallest absolute Gasteiger partial charge is 0.316 e. The molecule has 1 N–H and O–H groups in total. The summed E-state index contributed by atoms with van der Waals surface area (Å²) in [5.41, 5.74) is 1.25. The van der Waals surface area contributed by atoms with Crippen LogP contribution in [0.2, 0.25) is 0 Å². The van der Waals surface area contributed by atoms with Crippen molar-refractivity contribution in [2.45, 2.75) is 6.42 Å². The number of hydrogen-bond acceptors (Lipinski definition) is 1. The van der Waals surface area contributed by atoms with E-state index >= 15 is 0 Å². The van der Waals surface area contributed by atoms with Gasteiger partial charge in [-0.15, -0.1) is 0 Å². The highest BCUT2D eigenvalue weighted by Gasteiger charge is 2.05. The van der Waals surface area contributed by atoms with Crippen molar-refractivity contribution < 1.29 is 4.79 Å². The van der Waals surface area contributed by atoms with Crippen LogP contribution in [0.1, 0.15) is 5.56 Å². The molecule has 0 heterocycles. The van der Waals surface area contributed by atoms with E-state index < -0.39 is 0 Å². The van der Waals surface area contributed by atoms with Crippen molar-refractivity contribution in [2.24, 2.45) is 0 Å². The molecule has 2 aromatic carbocycles. The first-order valence-electron chi connectivity index (χ1n) is 6.11. The van der Waals surface area contributed by atoms with Gasteiger partial charge in [0.15, 0.2) is 0 Å². The number of benzene rings is 2. The van der Waals surface area contributed by atoms with Crippen LogP contribution in [0.5, 0.6) is 0 Å². The fourth-order valence-corrected chi connectivity index (χ4v) is 1.98. The van der Waals surface area contributed by atoms with E-state index in [-0.39, 0.29) is 6.03 Å². The minimum Gasteiger partial charge on any atom is -0.341 e. The number of hydrogen-bond donors (Lipinski definition) is 1. The Bertz CT molecular complexity index is 551. The summed E-state index contributed by atoms with van der Waals surface area (Å²) in [7, 11) is 3.45. The predicted octanol–water partition coefficient (Wildman–Crippen LogP) is 2.65. The van der Waals surface area contributed by atoms with Crippen LogP contribution in [0.4, 0.5) is 4.79 Å². The molecule has 0 bridgehead atoms. The van der Waals surface area contributed by atoms with Gasteiger partial charge in [-0.1, -0.05) is 42.5 Å². The standard InChI is InChI=1S/C15H18N2O/c1-16-15(18)17(2)10-9-12-7-8-13-5-3-4-6-14(13)11-12/h3-8,11H,9-10H2,1-2H3,(H,16,18). The molecule has 18 heavy (non-hydrogen) atoms. The van der Waals surface area contributed by atoms with E-state index in [9.17, 15) is 4.79 Å². The number of nitrogens with zero attached hydrogens (tertiary/aromatic N) is 1. The quantitative estimate of drug-likeness (QED) is 0.881. The van der Waals surface area contributed by atoms with Crippen LogP contribution in [0.3, 0.4) is 0 Å². The van der Waals surface area contributed by atoms with Gasteiger partial charge in [0.1, 0.15) is 0 Å². The summed E-state index contributed by atoms with van der Waals surface area (Å²) in [5.74, 6) is 0. The van der Waals surface area contributed by atoms with Crippen LogP contribution >= 0.6 is 0 Å². The summed E-state index contributed by atoms with van der Waals surface area (Å²) in [5, 5.41) is 5.12. The summed E-state index contributed by atoms with van der Waals surface area (Å²) >= 11 is 0. The minimum absolute atomic E-state index is 0.0456. The molecule has 0 aliphatic rings. The molecule has 0 aliphatic carbocycles.